The normalized spacial score (nSPS) is 27.5. The summed E-state index contributed by atoms with van der Waals surface area (Å²) in [5, 5.41) is 10.5. The summed E-state index contributed by atoms with van der Waals surface area (Å²) in [6, 6.07) is 1.96. The van der Waals surface area contributed by atoms with E-state index in [1.807, 2.05) is 6.92 Å². The predicted molar refractivity (Wildman–Crippen MR) is 64.1 cm³/mol. The number of halogens is 3. The molecule has 1 aromatic carbocycles. The molecule has 0 amide bonds. The number of ether oxygens (including phenoxy) is 1. The van der Waals surface area contributed by atoms with Crippen molar-refractivity contribution in [2.75, 3.05) is 6.61 Å². The Bertz CT molecular complexity index is 462. The van der Waals surface area contributed by atoms with Gasteiger partial charge in [0.1, 0.15) is 0 Å². The second-order valence-corrected chi connectivity index (χ2v) is 4.99. The summed E-state index contributed by atoms with van der Waals surface area (Å²) in [6.45, 7) is 2.26. The number of benzene rings is 1. The third-order valence-electron chi connectivity index (χ3n) is 3.58. The highest BCUT2D eigenvalue weighted by atomic mass is 19.2. The van der Waals surface area contributed by atoms with Crippen LogP contribution in [0, 0.1) is 17.5 Å². The van der Waals surface area contributed by atoms with E-state index in [0.717, 1.165) is 25.0 Å². The summed E-state index contributed by atoms with van der Waals surface area (Å²) < 4.78 is 45.5. The van der Waals surface area contributed by atoms with E-state index in [9.17, 15) is 18.3 Å². The van der Waals surface area contributed by atoms with Crippen molar-refractivity contribution in [3.05, 3.63) is 35.1 Å². The first-order valence-electron chi connectivity index (χ1n) is 6.46. The lowest BCUT2D eigenvalue weighted by atomic mass is 9.82. The molecule has 1 heterocycles. The van der Waals surface area contributed by atoms with Crippen LogP contribution in [0.1, 0.15) is 38.2 Å². The maximum Gasteiger partial charge on any atom is 0.194 e. The van der Waals surface area contributed by atoms with Gasteiger partial charge in [-0.15, -0.1) is 0 Å². The SMILES string of the molecule is CCCC1CC(O)(c2ccc(F)c(F)c2F)CCO1. The lowest BCUT2D eigenvalue weighted by Gasteiger charge is -2.37. The lowest BCUT2D eigenvalue weighted by Crippen LogP contribution is -2.39. The summed E-state index contributed by atoms with van der Waals surface area (Å²) in [4.78, 5) is 0. The minimum atomic E-state index is -1.54. The van der Waals surface area contributed by atoms with E-state index in [4.69, 9.17) is 4.74 Å². The Morgan fingerprint density at radius 1 is 1.32 bits per heavy atom. The zero-order valence-corrected chi connectivity index (χ0v) is 10.8. The highest BCUT2D eigenvalue weighted by Crippen LogP contribution is 2.37. The Kier molecular flexibility index (Phi) is 4.16. The Morgan fingerprint density at radius 3 is 2.74 bits per heavy atom. The van der Waals surface area contributed by atoms with E-state index in [1.165, 1.54) is 0 Å². The van der Waals surface area contributed by atoms with Gasteiger partial charge in [-0.2, -0.15) is 0 Å². The van der Waals surface area contributed by atoms with Crippen LogP contribution in [-0.4, -0.2) is 17.8 Å². The van der Waals surface area contributed by atoms with Gasteiger partial charge < -0.3 is 9.84 Å². The highest BCUT2D eigenvalue weighted by Gasteiger charge is 2.39. The first-order chi connectivity index (χ1) is 8.98. The molecule has 1 saturated heterocycles. The molecule has 1 N–H and O–H groups in total. The van der Waals surface area contributed by atoms with E-state index in [-0.39, 0.29) is 31.1 Å². The van der Waals surface area contributed by atoms with Crippen molar-refractivity contribution in [3.63, 3.8) is 0 Å². The molecule has 0 aliphatic carbocycles. The van der Waals surface area contributed by atoms with Gasteiger partial charge in [0.15, 0.2) is 17.5 Å². The first kappa shape index (κ1) is 14.3. The van der Waals surface area contributed by atoms with Gasteiger partial charge in [0.2, 0.25) is 0 Å². The van der Waals surface area contributed by atoms with Gasteiger partial charge in [0.05, 0.1) is 18.3 Å². The summed E-state index contributed by atoms with van der Waals surface area (Å²) in [5.41, 5.74) is -1.67. The Balaban J connectivity index is 2.31. The molecule has 2 nitrogen and oxygen atoms in total. The average molecular weight is 274 g/mol. The number of hydrogen-bond acceptors (Lipinski definition) is 2. The van der Waals surface area contributed by atoms with Crippen LogP contribution in [0.3, 0.4) is 0 Å². The largest absolute Gasteiger partial charge is 0.385 e. The van der Waals surface area contributed by atoms with Crippen LogP contribution < -0.4 is 0 Å². The van der Waals surface area contributed by atoms with Gasteiger partial charge >= 0.3 is 0 Å². The van der Waals surface area contributed by atoms with Crippen LogP contribution in [0.5, 0.6) is 0 Å². The first-order valence-corrected chi connectivity index (χ1v) is 6.46. The quantitative estimate of drug-likeness (QED) is 0.857. The zero-order valence-electron chi connectivity index (χ0n) is 10.8. The van der Waals surface area contributed by atoms with Crippen LogP contribution >= 0.6 is 0 Å². The molecule has 2 atom stereocenters. The third-order valence-corrected chi connectivity index (χ3v) is 3.58. The fourth-order valence-corrected chi connectivity index (χ4v) is 2.57. The van der Waals surface area contributed by atoms with Gasteiger partial charge in [-0.1, -0.05) is 19.4 Å². The van der Waals surface area contributed by atoms with Crippen LogP contribution in [0.25, 0.3) is 0 Å². The molecule has 1 aliphatic heterocycles. The molecule has 2 rings (SSSR count). The molecule has 1 fully saturated rings. The van der Waals surface area contributed by atoms with E-state index in [1.54, 1.807) is 0 Å². The van der Waals surface area contributed by atoms with Crippen molar-refractivity contribution in [1.82, 2.24) is 0 Å². The van der Waals surface area contributed by atoms with Crippen molar-refractivity contribution in [3.8, 4) is 0 Å². The summed E-state index contributed by atoms with van der Waals surface area (Å²) in [6.07, 6.45) is 1.81. The molecule has 0 spiro atoms. The molecular formula is C14H17F3O2. The third kappa shape index (κ3) is 2.77. The second-order valence-electron chi connectivity index (χ2n) is 4.99. The van der Waals surface area contributed by atoms with Crippen molar-refractivity contribution < 1.29 is 23.0 Å². The van der Waals surface area contributed by atoms with Gasteiger partial charge in [-0.25, -0.2) is 13.2 Å². The topological polar surface area (TPSA) is 29.5 Å². The molecule has 106 valence electrons. The minimum Gasteiger partial charge on any atom is -0.385 e. The van der Waals surface area contributed by atoms with E-state index in [0.29, 0.717) is 0 Å². The maximum absolute atomic E-state index is 13.8. The summed E-state index contributed by atoms with van der Waals surface area (Å²) >= 11 is 0. The van der Waals surface area contributed by atoms with Crippen molar-refractivity contribution in [2.45, 2.75) is 44.3 Å². The number of hydrogen-bond donors (Lipinski definition) is 1. The Labute approximate surface area is 110 Å². The minimum absolute atomic E-state index is 0.176. The molecule has 0 radical (unpaired) electrons. The molecule has 19 heavy (non-hydrogen) atoms. The summed E-state index contributed by atoms with van der Waals surface area (Å²) in [5.74, 6) is -4.09. The van der Waals surface area contributed by atoms with Crippen LogP contribution in [-0.2, 0) is 10.3 Å². The number of aliphatic hydroxyl groups is 1. The van der Waals surface area contributed by atoms with Gasteiger partial charge in [0.25, 0.3) is 0 Å². The molecule has 5 heteroatoms. The van der Waals surface area contributed by atoms with Crippen LogP contribution in [0.4, 0.5) is 13.2 Å². The lowest BCUT2D eigenvalue weighted by molar-refractivity contribution is -0.111. The van der Waals surface area contributed by atoms with Gasteiger partial charge in [0, 0.05) is 18.4 Å². The smallest absolute Gasteiger partial charge is 0.194 e. The molecule has 1 aliphatic rings. The Hall–Kier alpha value is -1.07. The molecular weight excluding hydrogens is 257 g/mol. The molecule has 0 bridgehead atoms. The molecule has 2 unspecified atom stereocenters. The predicted octanol–water partition coefficient (Wildman–Crippen LogP) is 3.27. The van der Waals surface area contributed by atoms with Gasteiger partial charge in [-0.05, 0) is 12.5 Å². The number of rotatable bonds is 3. The van der Waals surface area contributed by atoms with Crippen molar-refractivity contribution >= 4 is 0 Å². The zero-order chi connectivity index (χ0) is 14.0. The summed E-state index contributed by atoms with van der Waals surface area (Å²) in [7, 11) is 0. The van der Waals surface area contributed by atoms with Gasteiger partial charge in [-0.3, -0.25) is 0 Å². The maximum atomic E-state index is 13.8. The molecule has 1 aromatic rings. The Morgan fingerprint density at radius 2 is 2.05 bits per heavy atom. The second kappa shape index (κ2) is 5.51. The van der Waals surface area contributed by atoms with Crippen LogP contribution in [0.15, 0.2) is 12.1 Å². The van der Waals surface area contributed by atoms with E-state index < -0.39 is 23.1 Å². The fraction of sp³-hybridized carbons (Fsp3) is 0.571. The average Bonchev–Trinajstić information content (AvgIpc) is 2.36. The standard InChI is InChI=1S/C14H17F3O2/c1-2-3-9-8-14(18,6-7-19-9)10-4-5-11(15)13(17)12(10)16/h4-5,9,18H,2-3,6-8H2,1H3. The van der Waals surface area contributed by atoms with E-state index >= 15 is 0 Å². The molecule has 0 saturated carbocycles. The monoisotopic (exact) mass is 274 g/mol. The fourth-order valence-electron chi connectivity index (χ4n) is 2.57. The molecule has 0 aromatic heterocycles. The van der Waals surface area contributed by atoms with Crippen molar-refractivity contribution in [1.29, 1.82) is 0 Å². The van der Waals surface area contributed by atoms with E-state index in [2.05, 4.69) is 0 Å². The van der Waals surface area contributed by atoms with Crippen LogP contribution in [0.2, 0.25) is 0 Å². The highest BCUT2D eigenvalue weighted by molar-refractivity contribution is 5.27. The van der Waals surface area contributed by atoms with Crippen molar-refractivity contribution in [2.24, 2.45) is 0 Å².